The number of ketones is 2. The van der Waals surface area contributed by atoms with Gasteiger partial charge in [0.25, 0.3) is 0 Å². The number of ether oxygens (including phenoxy) is 2. The Balaban J connectivity index is 1.65. The van der Waals surface area contributed by atoms with Crippen LogP contribution in [0.4, 0.5) is 0 Å². The minimum Gasteiger partial charge on any atom is -0.493 e. The molecule has 0 atom stereocenters. The van der Waals surface area contributed by atoms with Crippen LogP contribution in [0.15, 0.2) is 67.9 Å². The quantitative estimate of drug-likeness (QED) is 0.309. The molecule has 3 aliphatic rings. The van der Waals surface area contributed by atoms with Crippen molar-refractivity contribution in [1.82, 2.24) is 4.90 Å². The van der Waals surface area contributed by atoms with Gasteiger partial charge in [0.2, 0.25) is 0 Å². The predicted octanol–water partition coefficient (Wildman–Crippen LogP) is 8.50. The zero-order chi connectivity index (χ0) is 29.0. The van der Waals surface area contributed by atoms with E-state index in [9.17, 15) is 9.59 Å². The molecule has 40 heavy (non-hydrogen) atoms. The first-order valence-electron chi connectivity index (χ1n) is 13.9. The Hall–Kier alpha value is -2.38. The fourth-order valence-electron chi connectivity index (χ4n) is 6.57. The fourth-order valence-corrected chi connectivity index (χ4v) is 7.55. The molecule has 2 aliphatic carbocycles. The molecule has 7 heteroatoms. The molecule has 0 N–H and O–H groups in total. The molecule has 0 radical (unpaired) electrons. The van der Waals surface area contributed by atoms with E-state index < -0.39 is 5.92 Å². The van der Waals surface area contributed by atoms with Crippen molar-refractivity contribution in [3.63, 3.8) is 0 Å². The molecule has 0 amide bonds. The van der Waals surface area contributed by atoms with Crippen LogP contribution in [0.3, 0.4) is 0 Å². The molecule has 0 saturated heterocycles. The van der Waals surface area contributed by atoms with Gasteiger partial charge in [-0.25, -0.2) is 0 Å². The number of carbonyl (C=O) groups excluding carboxylic acids is 2. The zero-order valence-electron chi connectivity index (χ0n) is 24.1. The van der Waals surface area contributed by atoms with Crippen molar-refractivity contribution in [3.8, 4) is 11.5 Å². The van der Waals surface area contributed by atoms with Gasteiger partial charge in [-0.3, -0.25) is 9.59 Å². The summed E-state index contributed by atoms with van der Waals surface area (Å²) < 4.78 is 13.8. The van der Waals surface area contributed by atoms with Crippen molar-refractivity contribution >= 4 is 43.4 Å². The summed E-state index contributed by atoms with van der Waals surface area (Å²) in [7, 11) is 1.62. The molecule has 0 fully saturated rings. The third kappa shape index (κ3) is 5.32. The summed E-state index contributed by atoms with van der Waals surface area (Å²) in [5, 5.41) is 0. The third-order valence-electron chi connectivity index (χ3n) is 8.25. The van der Waals surface area contributed by atoms with E-state index in [0.717, 1.165) is 62.0 Å². The smallest absolute Gasteiger partial charge is 0.175 e. The van der Waals surface area contributed by atoms with Crippen LogP contribution in [-0.4, -0.2) is 30.1 Å². The lowest BCUT2D eigenvalue weighted by molar-refractivity contribution is -0.119. The van der Waals surface area contributed by atoms with Gasteiger partial charge in [-0.2, -0.15) is 0 Å². The summed E-state index contributed by atoms with van der Waals surface area (Å²) in [5.41, 5.74) is 5.29. The standard InChI is InChI=1S/C33H37Br2NO4/c1-7-36-23-14-32(2,3)16-25(37)29(23)28(30-24(36)15-33(4,5)17-26(30)38)20-12-22(35)31(27(13-20)39-6)40-18-19-10-8-9-11-21(19)34/h8-13,28H,7,14-18H2,1-6H3. The molecule has 212 valence electrons. The maximum Gasteiger partial charge on any atom is 0.175 e. The second-order valence-electron chi connectivity index (χ2n) is 12.7. The molecule has 2 aromatic rings. The van der Waals surface area contributed by atoms with Crippen molar-refractivity contribution < 1.29 is 19.1 Å². The van der Waals surface area contributed by atoms with Crippen LogP contribution in [0.1, 0.15) is 77.3 Å². The van der Waals surface area contributed by atoms with Crippen LogP contribution in [0.5, 0.6) is 11.5 Å². The lowest BCUT2D eigenvalue weighted by Crippen LogP contribution is -2.44. The highest BCUT2D eigenvalue weighted by atomic mass is 79.9. The van der Waals surface area contributed by atoms with E-state index in [1.807, 2.05) is 36.4 Å². The van der Waals surface area contributed by atoms with Gasteiger partial charge in [-0.15, -0.1) is 0 Å². The first-order valence-corrected chi connectivity index (χ1v) is 15.5. The van der Waals surface area contributed by atoms with Gasteiger partial charge in [0, 0.05) is 57.9 Å². The monoisotopic (exact) mass is 669 g/mol. The Morgan fingerprint density at radius 2 is 1.45 bits per heavy atom. The van der Waals surface area contributed by atoms with Crippen LogP contribution in [0.25, 0.3) is 0 Å². The largest absolute Gasteiger partial charge is 0.493 e. The van der Waals surface area contributed by atoms with E-state index in [1.54, 1.807) is 7.11 Å². The number of carbonyl (C=O) groups is 2. The molecule has 5 nitrogen and oxygen atoms in total. The number of benzene rings is 2. The van der Waals surface area contributed by atoms with E-state index in [4.69, 9.17) is 9.47 Å². The number of hydrogen-bond acceptors (Lipinski definition) is 5. The minimum atomic E-state index is -0.428. The predicted molar refractivity (Wildman–Crippen MR) is 164 cm³/mol. The van der Waals surface area contributed by atoms with E-state index >= 15 is 0 Å². The van der Waals surface area contributed by atoms with Gasteiger partial charge in [0.1, 0.15) is 6.61 Å². The number of hydrogen-bond donors (Lipinski definition) is 0. The van der Waals surface area contributed by atoms with E-state index in [-0.39, 0.29) is 22.4 Å². The number of methoxy groups -OCH3 is 1. The summed E-state index contributed by atoms with van der Waals surface area (Å²) in [5.74, 6) is 0.975. The second kappa shape index (κ2) is 10.8. The molecule has 0 spiro atoms. The normalized spacial score (nSPS) is 20.4. The topological polar surface area (TPSA) is 55.8 Å². The van der Waals surface area contributed by atoms with Crippen LogP contribution < -0.4 is 9.47 Å². The molecule has 1 heterocycles. The molecule has 0 bridgehead atoms. The first kappa shape index (κ1) is 29.1. The van der Waals surface area contributed by atoms with Crippen LogP contribution in [0.2, 0.25) is 0 Å². The SMILES string of the molecule is CCN1C2=C(C(=O)CC(C)(C)C2)C(c2cc(Br)c(OCc3ccccc3Br)c(OC)c2)C2=C1CC(C)(C)CC2=O. The highest BCUT2D eigenvalue weighted by molar-refractivity contribution is 9.10. The van der Waals surface area contributed by atoms with E-state index in [1.165, 1.54) is 0 Å². The average Bonchev–Trinajstić information content (AvgIpc) is 2.86. The number of rotatable bonds is 6. The van der Waals surface area contributed by atoms with Gasteiger partial charge in [-0.05, 0) is 70.3 Å². The summed E-state index contributed by atoms with van der Waals surface area (Å²) in [4.78, 5) is 30.1. The van der Waals surface area contributed by atoms with E-state index in [2.05, 4.69) is 71.4 Å². The first-order chi connectivity index (χ1) is 18.9. The Morgan fingerprint density at radius 1 is 0.875 bits per heavy atom. The number of nitrogens with zero attached hydrogens (tertiary/aromatic N) is 1. The van der Waals surface area contributed by atoms with Crippen molar-refractivity contribution in [1.29, 1.82) is 0 Å². The Labute approximate surface area is 254 Å². The molecule has 5 rings (SSSR count). The van der Waals surface area contributed by atoms with Gasteiger partial charge >= 0.3 is 0 Å². The molecule has 0 aromatic heterocycles. The highest BCUT2D eigenvalue weighted by Gasteiger charge is 2.48. The number of allylic oxidation sites excluding steroid dienone is 4. The van der Waals surface area contributed by atoms with Crippen molar-refractivity contribution in [2.45, 2.75) is 72.8 Å². The molecule has 0 saturated carbocycles. The Kier molecular flexibility index (Phi) is 7.86. The van der Waals surface area contributed by atoms with Crippen LogP contribution in [0, 0.1) is 10.8 Å². The van der Waals surface area contributed by atoms with Gasteiger partial charge in [0.05, 0.1) is 11.6 Å². The van der Waals surface area contributed by atoms with Crippen molar-refractivity contribution in [2.75, 3.05) is 13.7 Å². The molecular formula is C33H37Br2NO4. The lowest BCUT2D eigenvalue weighted by Gasteiger charge is -2.49. The van der Waals surface area contributed by atoms with Gasteiger partial charge < -0.3 is 14.4 Å². The Morgan fingerprint density at radius 3 is 1.98 bits per heavy atom. The maximum atomic E-state index is 13.9. The summed E-state index contributed by atoms with van der Waals surface area (Å²) >= 11 is 7.33. The number of halogens is 2. The van der Waals surface area contributed by atoms with Crippen LogP contribution >= 0.6 is 31.9 Å². The Bertz CT molecular complexity index is 1400. The molecular weight excluding hydrogens is 634 g/mol. The highest BCUT2D eigenvalue weighted by Crippen LogP contribution is 2.55. The third-order valence-corrected chi connectivity index (χ3v) is 9.62. The zero-order valence-corrected chi connectivity index (χ0v) is 27.3. The molecule has 2 aromatic carbocycles. The van der Waals surface area contributed by atoms with Gasteiger partial charge in [0.15, 0.2) is 23.1 Å². The molecule has 1 aliphatic heterocycles. The number of Topliss-reactive ketones (excluding diaryl/α,β-unsaturated/α-hetero) is 2. The summed E-state index contributed by atoms with van der Waals surface area (Å²) in [6.07, 6.45) is 2.53. The molecule has 0 unspecified atom stereocenters. The average molecular weight is 671 g/mol. The minimum absolute atomic E-state index is 0.128. The lowest BCUT2D eigenvalue weighted by atomic mass is 9.63. The second-order valence-corrected chi connectivity index (χ2v) is 14.4. The summed E-state index contributed by atoms with van der Waals surface area (Å²) in [6, 6.07) is 11.9. The fraction of sp³-hybridized carbons (Fsp3) is 0.455. The van der Waals surface area contributed by atoms with Gasteiger partial charge in [-0.1, -0.05) is 61.8 Å². The van der Waals surface area contributed by atoms with Crippen LogP contribution in [-0.2, 0) is 16.2 Å². The summed E-state index contributed by atoms with van der Waals surface area (Å²) in [6.45, 7) is 11.8. The maximum absolute atomic E-state index is 13.9. The van der Waals surface area contributed by atoms with E-state index in [0.29, 0.717) is 30.9 Å². The van der Waals surface area contributed by atoms with Crippen molar-refractivity contribution in [3.05, 3.63) is 79.0 Å². The van der Waals surface area contributed by atoms with Crippen molar-refractivity contribution in [2.24, 2.45) is 10.8 Å².